The van der Waals surface area contributed by atoms with Crippen LogP contribution in [0.2, 0.25) is 0 Å². The van der Waals surface area contributed by atoms with Gasteiger partial charge in [-0.2, -0.15) is 4.40 Å². The SMILES string of the molecule is CC(C)OC(=O)C(=N[S@@](=O)C(C)(C)C)c1ccc(Br)cc1. The highest BCUT2D eigenvalue weighted by atomic mass is 79.9. The zero-order chi connectivity index (χ0) is 16.2. The van der Waals surface area contributed by atoms with E-state index in [9.17, 15) is 9.00 Å². The second-order valence-electron chi connectivity index (χ2n) is 5.76. The number of hydrogen-bond donors (Lipinski definition) is 0. The van der Waals surface area contributed by atoms with Crippen LogP contribution in [0.3, 0.4) is 0 Å². The van der Waals surface area contributed by atoms with Crippen LogP contribution >= 0.6 is 15.9 Å². The molecule has 21 heavy (non-hydrogen) atoms. The van der Waals surface area contributed by atoms with E-state index in [0.717, 1.165) is 4.47 Å². The van der Waals surface area contributed by atoms with Gasteiger partial charge in [-0.3, -0.25) is 0 Å². The van der Waals surface area contributed by atoms with Crippen LogP contribution in [-0.2, 0) is 20.5 Å². The molecule has 0 fully saturated rings. The number of nitrogens with zero attached hydrogens (tertiary/aromatic N) is 1. The van der Waals surface area contributed by atoms with Crippen molar-refractivity contribution in [2.75, 3.05) is 0 Å². The lowest BCUT2D eigenvalue weighted by molar-refractivity contribution is -0.138. The summed E-state index contributed by atoms with van der Waals surface area (Å²) in [7, 11) is -1.53. The molecule has 0 aliphatic rings. The van der Waals surface area contributed by atoms with Gasteiger partial charge < -0.3 is 4.74 Å². The molecule has 4 nitrogen and oxygen atoms in total. The van der Waals surface area contributed by atoms with E-state index in [1.165, 1.54) is 0 Å². The first-order valence-corrected chi connectivity index (χ1v) is 8.49. The summed E-state index contributed by atoms with van der Waals surface area (Å²) in [6.45, 7) is 8.94. The van der Waals surface area contributed by atoms with Crippen molar-refractivity contribution in [3.8, 4) is 0 Å². The van der Waals surface area contributed by atoms with Gasteiger partial charge in [0.15, 0.2) is 5.71 Å². The molecule has 0 amide bonds. The smallest absolute Gasteiger partial charge is 0.358 e. The molecule has 0 saturated heterocycles. The minimum absolute atomic E-state index is 0.0875. The summed E-state index contributed by atoms with van der Waals surface area (Å²) < 4.78 is 21.9. The third-order valence-corrected chi connectivity index (χ3v) is 4.28. The Labute approximate surface area is 136 Å². The van der Waals surface area contributed by atoms with Gasteiger partial charge in [0, 0.05) is 10.0 Å². The Kier molecular flexibility index (Phi) is 6.28. The Bertz CT molecular complexity index is 559. The van der Waals surface area contributed by atoms with Crippen LogP contribution in [0.25, 0.3) is 0 Å². The van der Waals surface area contributed by atoms with E-state index < -0.39 is 21.7 Å². The lowest BCUT2D eigenvalue weighted by Crippen LogP contribution is -2.26. The molecule has 116 valence electrons. The number of esters is 1. The lowest BCUT2D eigenvalue weighted by Gasteiger charge is -2.15. The van der Waals surface area contributed by atoms with Crippen LogP contribution in [0, 0.1) is 0 Å². The van der Waals surface area contributed by atoms with Gasteiger partial charge in [0.05, 0.1) is 10.9 Å². The standard InChI is InChI=1S/C15H20BrNO3S/c1-10(2)20-14(18)13(17-21(19)15(3,4)5)11-6-8-12(16)9-7-11/h6-10H,1-5H3/t21-/m0/s1. The van der Waals surface area contributed by atoms with Crippen LogP contribution in [-0.4, -0.2) is 26.7 Å². The van der Waals surface area contributed by atoms with Crippen molar-refractivity contribution in [2.45, 2.75) is 45.5 Å². The number of carbonyl (C=O) groups excluding carboxylic acids is 1. The molecule has 0 N–H and O–H groups in total. The molecule has 0 aliphatic carbocycles. The molecule has 0 spiro atoms. The predicted molar refractivity (Wildman–Crippen MR) is 89.8 cm³/mol. The number of hydrogen-bond acceptors (Lipinski definition) is 3. The van der Waals surface area contributed by atoms with Crippen molar-refractivity contribution < 1.29 is 13.7 Å². The summed E-state index contributed by atoms with van der Waals surface area (Å²) in [5.74, 6) is -0.565. The van der Waals surface area contributed by atoms with Crippen molar-refractivity contribution in [3.63, 3.8) is 0 Å². The molecule has 0 bridgehead atoms. The van der Waals surface area contributed by atoms with Gasteiger partial charge in [-0.05, 0) is 46.8 Å². The fourth-order valence-corrected chi connectivity index (χ4v) is 2.19. The number of benzene rings is 1. The lowest BCUT2D eigenvalue weighted by atomic mass is 10.1. The van der Waals surface area contributed by atoms with Crippen molar-refractivity contribution in [2.24, 2.45) is 4.40 Å². The normalized spacial score (nSPS) is 14.1. The van der Waals surface area contributed by atoms with Crippen molar-refractivity contribution >= 4 is 38.6 Å². The Morgan fingerprint density at radius 1 is 1.24 bits per heavy atom. The molecule has 0 heterocycles. The summed E-state index contributed by atoms with van der Waals surface area (Å²) in [4.78, 5) is 12.2. The first-order valence-electron chi connectivity index (χ1n) is 6.59. The third-order valence-electron chi connectivity index (χ3n) is 2.35. The zero-order valence-corrected chi connectivity index (χ0v) is 15.2. The van der Waals surface area contributed by atoms with Gasteiger partial charge in [0.2, 0.25) is 0 Å². The Balaban J connectivity index is 3.23. The fourth-order valence-electron chi connectivity index (χ4n) is 1.31. The van der Waals surface area contributed by atoms with Crippen LogP contribution in [0.4, 0.5) is 0 Å². The first kappa shape index (κ1) is 18.0. The quantitative estimate of drug-likeness (QED) is 0.597. The number of ether oxygens (including phenoxy) is 1. The summed E-state index contributed by atoms with van der Waals surface area (Å²) >= 11 is 3.34. The predicted octanol–water partition coefficient (Wildman–Crippen LogP) is 3.65. The van der Waals surface area contributed by atoms with E-state index >= 15 is 0 Å². The van der Waals surface area contributed by atoms with E-state index in [2.05, 4.69) is 20.3 Å². The topological polar surface area (TPSA) is 55.7 Å². The summed E-state index contributed by atoms with van der Waals surface area (Å²) in [6, 6.07) is 7.08. The molecule has 6 heteroatoms. The monoisotopic (exact) mass is 373 g/mol. The van der Waals surface area contributed by atoms with E-state index in [0.29, 0.717) is 5.56 Å². The van der Waals surface area contributed by atoms with Crippen molar-refractivity contribution in [1.82, 2.24) is 0 Å². The van der Waals surface area contributed by atoms with Gasteiger partial charge in [-0.15, -0.1) is 0 Å². The average Bonchev–Trinajstić information content (AvgIpc) is 2.34. The minimum atomic E-state index is -1.53. The van der Waals surface area contributed by atoms with Gasteiger partial charge in [-0.1, -0.05) is 28.1 Å². The van der Waals surface area contributed by atoms with E-state index in [1.807, 2.05) is 0 Å². The molecule has 1 aromatic rings. The molecule has 0 aromatic heterocycles. The first-order chi connectivity index (χ1) is 9.61. The molecule has 0 radical (unpaired) electrons. The second kappa shape index (κ2) is 7.31. The second-order valence-corrected chi connectivity index (χ2v) is 8.58. The average molecular weight is 374 g/mol. The number of carbonyl (C=O) groups is 1. The Hall–Kier alpha value is -1.01. The zero-order valence-electron chi connectivity index (χ0n) is 12.8. The Morgan fingerprint density at radius 3 is 2.19 bits per heavy atom. The highest BCUT2D eigenvalue weighted by Gasteiger charge is 2.24. The Morgan fingerprint density at radius 2 is 1.76 bits per heavy atom. The van der Waals surface area contributed by atoms with Gasteiger partial charge in [0.25, 0.3) is 0 Å². The summed E-state index contributed by atoms with van der Waals surface area (Å²) in [5, 5.41) is 0. The highest BCUT2D eigenvalue weighted by molar-refractivity contribution is 9.10. The van der Waals surface area contributed by atoms with Crippen LogP contribution in [0.15, 0.2) is 33.1 Å². The maximum Gasteiger partial charge on any atom is 0.358 e. The van der Waals surface area contributed by atoms with Gasteiger partial charge in [-0.25, -0.2) is 9.00 Å². The number of rotatable bonds is 4. The minimum Gasteiger partial charge on any atom is -0.458 e. The van der Waals surface area contributed by atoms with E-state index in [1.54, 1.807) is 58.9 Å². The van der Waals surface area contributed by atoms with Gasteiger partial charge in [0.1, 0.15) is 11.0 Å². The molecule has 1 aromatic carbocycles. The highest BCUT2D eigenvalue weighted by Crippen LogP contribution is 2.17. The number of halogens is 1. The van der Waals surface area contributed by atoms with E-state index in [-0.39, 0.29) is 11.8 Å². The third kappa shape index (κ3) is 5.71. The molecule has 0 unspecified atom stereocenters. The fraction of sp³-hybridized carbons (Fsp3) is 0.467. The molecular formula is C15H20BrNO3S. The molecule has 0 saturated carbocycles. The summed E-state index contributed by atoms with van der Waals surface area (Å²) in [6.07, 6.45) is -0.263. The van der Waals surface area contributed by atoms with Crippen LogP contribution in [0.5, 0.6) is 0 Å². The molecular weight excluding hydrogens is 354 g/mol. The van der Waals surface area contributed by atoms with Crippen molar-refractivity contribution in [1.29, 1.82) is 0 Å². The molecule has 1 rings (SSSR count). The van der Waals surface area contributed by atoms with Gasteiger partial charge >= 0.3 is 5.97 Å². The maximum absolute atomic E-state index is 12.2. The largest absolute Gasteiger partial charge is 0.458 e. The van der Waals surface area contributed by atoms with Crippen LogP contribution in [0.1, 0.15) is 40.2 Å². The molecule has 1 atom stereocenters. The van der Waals surface area contributed by atoms with Crippen molar-refractivity contribution in [3.05, 3.63) is 34.3 Å². The molecule has 0 aliphatic heterocycles. The van der Waals surface area contributed by atoms with Crippen LogP contribution < -0.4 is 0 Å². The summed E-state index contributed by atoms with van der Waals surface area (Å²) in [5.41, 5.74) is 0.672. The maximum atomic E-state index is 12.2. The van der Waals surface area contributed by atoms with E-state index in [4.69, 9.17) is 4.74 Å².